The minimum absolute atomic E-state index is 0.0904. The van der Waals surface area contributed by atoms with Crippen LogP contribution in [-0.4, -0.2) is 39.8 Å². The first-order valence-corrected chi connectivity index (χ1v) is 10.0. The fourth-order valence-electron chi connectivity index (χ4n) is 2.71. The molecule has 1 aliphatic heterocycles. The predicted molar refractivity (Wildman–Crippen MR) is 99.3 cm³/mol. The number of ether oxygens (including phenoxy) is 2. The van der Waals surface area contributed by atoms with Crippen molar-refractivity contribution in [2.75, 3.05) is 29.0 Å². The van der Waals surface area contributed by atoms with E-state index in [1.54, 1.807) is 48.5 Å². The molecule has 0 radical (unpaired) electrons. The van der Waals surface area contributed by atoms with Gasteiger partial charge in [-0.3, -0.25) is 9.10 Å². The standard InChI is InChI=1S/C18H20N2O5S/c1-3-24-14-8-6-7-13(11-14)19-18(21)17-12-20(26(2,22)23)15-9-4-5-10-16(15)25-17/h4-11,17H,3,12H2,1-2H3,(H,19,21)/t17-/m1/s1. The number of anilines is 2. The third kappa shape index (κ3) is 3.91. The topological polar surface area (TPSA) is 84.9 Å². The average Bonchev–Trinajstić information content (AvgIpc) is 2.60. The van der Waals surface area contributed by atoms with Crippen LogP contribution in [0.25, 0.3) is 0 Å². The first-order valence-electron chi connectivity index (χ1n) is 8.15. The molecular formula is C18H20N2O5S. The second kappa shape index (κ2) is 7.25. The molecule has 0 saturated carbocycles. The first-order chi connectivity index (χ1) is 12.4. The van der Waals surface area contributed by atoms with Gasteiger partial charge in [-0.15, -0.1) is 0 Å². The average molecular weight is 376 g/mol. The first kappa shape index (κ1) is 18.1. The number of fused-ring (bicyclic) bond motifs is 1. The number of nitrogens with zero attached hydrogens (tertiary/aromatic N) is 1. The summed E-state index contributed by atoms with van der Waals surface area (Å²) >= 11 is 0. The summed E-state index contributed by atoms with van der Waals surface area (Å²) in [6, 6.07) is 13.7. The number of benzene rings is 2. The van der Waals surface area contributed by atoms with Crippen LogP contribution < -0.4 is 19.1 Å². The smallest absolute Gasteiger partial charge is 0.267 e. The second-order valence-electron chi connectivity index (χ2n) is 5.82. The highest BCUT2D eigenvalue weighted by Gasteiger charge is 2.34. The lowest BCUT2D eigenvalue weighted by Crippen LogP contribution is -2.48. The third-order valence-corrected chi connectivity index (χ3v) is 4.99. The van der Waals surface area contributed by atoms with Gasteiger partial charge in [-0.1, -0.05) is 18.2 Å². The number of sulfonamides is 1. The predicted octanol–water partition coefficient (Wildman–Crippen LogP) is 2.25. The molecule has 7 nitrogen and oxygen atoms in total. The summed E-state index contributed by atoms with van der Waals surface area (Å²) in [6.07, 6.45) is 0.144. The summed E-state index contributed by atoms with van der Waals surface area (Å²) in [5, 5.41) is 2.75. The van der Waals surface area contributed by atoms with Crippen LogP contribution in [0.2, 0.25) is 0 Å². The number of hydrogen-bond donors (Lipinski definition) is 1. The molecule has 1 heterocycles. The number of carbonyl (C=O) groups excluding carboxylic acids is 1. The molecule has 0 bridgehead atoms. The Labute approximate surface area is 152 Å². The molecular weight excluding hydrogens is 356 g/mol. The van der Waals surface area contributed by atoms with E-state index >= 15 is 0 Å². The number of nitrogens with one attached hydrogen (secondary N) is 1. The second-order valence-corrected chi connectivity index (χ2v) is 7.73. The number of hydrogen-bond acceptors (Lipinski definition) is 5. The van der Waals surface area contributed by atoms with Crippen LogP contribution in [0.15, 0.2) is 48.5 Å². The zero-order valence-corrected chi connectivity index (χ0v) is 15.3. The number of rotatable bonds is 5. The van der Waals surface area contributed by atoms with Gasteiger partial charge in [0.25, 0.3) is 5.91 Å². The van der Waals surface area contributed by atoms with Gasteiger partial charge in [-0.2, -0.15) is 0 Å². The Morgan fingerprint density at radius 1 is 1.27 bits per heavy atom. The Balaban J connectivity index is 1.81. The highest BCUT2D eigenvalue weighted by molar-refractivity contribution is 7.92. The molecule has 3 rings (SSSR count). The molecule has 0 aliphatic carbocycles. The highest BCUT2D eigenvalue weighted by Crippen LogP contribution is 2.34. The van der Waals surface area contributed by atoms with Crippen LogP contribution in [0.5, 0.6) is 11.5 Å². The van der Waals surface area contributed by atoms with Gasteiger partial charge in [-0.25, -0.2) is 8.42 Å². The normalized spacial score (nSPS) is 16.4. The highest BCUT2D eigenvalue weighted by atomic mass is 32.2. The lowest BCUT2D eigenvalue weighted by molar-refractivity contribution is -0.122. The van der Waals surface area contributed by atoms with E-state index in [1.807, 2.05) is 6.92 Å². The van der Waals surface area contributed by atoms with Crippen molar-refractivity contribution in [1.82, 2.24) is 0 Å². The Morgan fingerprint density at radius 3 is 2.77 bits per heavy atom. The Hall–Kier alpha value is -2.74. The molecule has 0 unspecified atom stereocenters. The van der Waals surface area contributed by atoms with Gasteiger partial charge >= 0.3 is 0 Å². The van der Waals surface area contributed by atoms with Crippen LogP contribution in [-0.2, 0) is 14.8 Å². The minimum Gasteiger partial charge on any atom is -0.494 e. The molecule has 26 heavy (non-hydrogen) atoms. The quantitative estimate of drug-likeness (QED) is 0.865. The SMILES string of the molecule is CCOc1cccc(NC(=O)[C@H]2CN(S(C)(=O)=O)c3ccccc3O2)c1. The van der Waals surface area contributed by atoms with Crippen molar-refractivity contribution in [3.05, 3.63) is 48.5 Å². The van der Waals surface area contributed by atoms with Crippen molar-refractivity contribution in [1.29, 1.82) is 0 Å². The van der Waals surface area contributed by atoms with Crippen molar-refractivity contribution >= 4 is 27.3 Å². The zero-order chi connectivity index (χ0) is 18.7. The van der Waals surface area contributed by atoms with Crippen molar-refractivity contribution in [3.8, 4) is 11.5 Å². The zero-order valence-electron chi connectivity index (χ0n) is 14.5. The fraction of sp³-hybridized carbons (Fsp3) is 0.278. The maximum Gasteiger partial charge on any atom is 0.267 e. The monoisotopic (exact) mass is 376 g/mol. The Kier molecular flexibility index (Phi) is 5.03. The van der Waals surface area contributed by atoms with Crippen molar-refractivity contribution in [3.63, 3.8) is 0 Å². The fourth-order valence-corrected chi connectivity index (χ4v) is 3.62. The van der Waals surface area contributed by atoms with Gasteiger partial charge < -0.3 is 14.8 Å². The summed E-state index contributed by atoms with van der Waals surface area (Å²) in [5.74, 6) is 0.562. The molecule has 1 atom stereocenters. The number of carbonyl (C=O) groups is 1. The van der Waals surface area contributed by atoms with Crippen molar-refractivity contribution < 1.29 is 22.7 Å². The third-order valence-electron chi connectivity index (χ3n) is 3.84. The molecule has 8 heteroatoms. The van der Waals surface area contributed by atoms with Gasteiger partial charge in [0.2, 0.25) is 10.0 Å². The number of para-hydroxylation sites is 2. The van der Waals surface area contributed by atoms with Crippen LogP contribution in [0.1, 0.15) is 6.92 Å². The minimum atomic E-state index is -3.54. The molecule has 1 amide bonds. The maximum atomic E-state index is 12.6. The Bertz CT molecular complexity index is 913. The van der Waals surface area contributed by atoms with E-state index in [1.165, 1.54) is 4.31 Å². The van der Waals surface area contributed by atoms with E-state index in [0.29, 0.717) is 29.5 Å². The molecule has 138 valence electrons. The van der Waals surface area contributed by atoms with Crippen molar-refractivity contribution in [2.24, 2.45) is 0 Å². The van der Waals surface area contributed by atoms with E-state index in [-0.39, 0.29) is 6.54 Å². The Morgan fingerprint density at radius 2 is 2.04 bits per heavy atom. The summed E-state index contributed by atoms with van der Waals surface area (Å²) in [6.45, 7) is 2.30. The lowest BCUT2D eigenvalue weighted by atomic mass is 10.2. The molecule has 2 aromatic rings. The van der Waals surface area contributed by atoms with E-state index in [0.717, 1.165) is 6.26 Å². The van der Waals surface area contributed by atoms with Crippen LogP contribution in [0.3, 0.4) is 0 Å². The van der Waals surface area contributed by atoms with E-state index < -0.39 is 22.0 Å². The van der Waals surface area contributed by atoms with Gasteiger partial charge in [0.1, 0.15) is 11.5 Å². The molecule has 0 aromatic heterocycles. The molecule has 0 saturated heterocycles. The van der Waals surface area contributed by atoms with E-state index in [9.17, 15) is 13.2 Å². The molecule has 2 aromatic carbocycles. The largest absolute Gasteiger partial charge is 0.494 e. The summed E-state index contributed by atoms with van der Waals surface area (Å²) in [5.41, 5.74) is 0.978. The van der Waals surface area contributed by atoms with Gasteiger partial charge in [0.15, 0.2) is 6.10 Å². The van der Waals surface area contributed by atoms with Gasteiger partial charge in [0, 0.05) is 11.8 Å². The number of amides is 1. The van der Waals surface area contributed by atoms with E-state index in [2.05, 4.69) is 5.32 Å². The molecule has 1 aliphatic rings. The van der Waals surface area contributed by atoms with Crippen LogP contribution >= 0.6 is 0 Å². The molecule has 0 spiro atoms. The van der Waals surface area contributed by atoms with Gasteiger partial charge in [-0.05, 0) is 31.2 Å². The lowest BCUT2D eigenvalue weighted by Gasteiger charge is -2.33. The molecule has 1 N–H and O–H groups in total. The van der Waals surface area contributed by atoms with E-state index in [4.69, 9.17) is 9.47 Å². The maximum absolute atomic E-state index is 12.6. The summed E-state index contributed by atoms with van der Waals surface area (Å²) < 4.78 is 36.5. The van der Waals surface area contributed by atoms with Crippen LogP contribution in [0.4, 0.5) is 11.4 Å². The van der Waals surface area contributed by atoms with Crippen LogP contribution in [0, 0.1) is 0 Å². The van der Waals surface area contributed by atoms with Crippen molar-refractivity contribution in [2.45, 2.75) is 13.0 Å². The summed E-state index contributed by atoms with van der Waals surface area (Å²) in [7, 11) is -3.54. The molecule has 0 fully saturated rings. The van der Waals surface area contributed by atoms with Gasteiger partial charge in [0.05, 0.1) is 25.1 Å². The summed E-state index contributed by atoms with van der Waals surface area (Å²) in [4.78, 5) is 12.6.